The summed E-state index contributed by atoms with van der Waals surface area (Å²) >= 11 is 0. The van der Waals surface area contributed by atoms with Crippen molar-refractivity contribution in [3.8, 4) is 108 Å². The zero-order chi connectivity index (χ0) is 41.7. The molecule has 290 valence electrons. The van der Waals surface area contributed by atoms with Gasteiger partial charge >= 0.3 is 0 Å². The number of rotatable bonds is 9. The Balaban J connectivity index is 1.05. The van der Waals surface area contributed by atoms with Crippen LogP contribution in [0.2, 0.25) is 0 Å². The molecule has 0 aliphatic carbocycles. The second-order valence-electron chi connectivity index (χ2n) is 14.7. The fraction of sp³-hybridized carbons (Fsp3) is 0. The van der Waals surface area contributed by atoms with Crippen molar-refractivity contribution in [2.45, 2.75) is 0 Å². The fourth-order valence-corrected chi connectivity index (χ4v) is 7.42. The first-order chi connectivity index (χ1) is 30.6. The smallest absolute Gasteiger partial charge is 0.164 e. The van der Waals surface area contributed by atoms with Crippen molar-refractivity contribution in [3.63, 3.8) is 0 Å². The molecule has 0 fully saturated rings. The van der Waals surface area contributed by atoms with E-state index in [-0.39, 0.29) is 0 Å². The molecule has 0 bridgehead atoms. The standard InChI is InChI=1S/C55H35N7/c56-36-37-21-23-38(24-22-37)47-33-34-48(39-25-29-45(30-26-39)54-59-50(41-13-5-1-6-14-41)57-51(60-54)42-15-7-2-8-16-42)49(35-47)40-27-31-46(32-28-40)55-61-52(43-17-9-3-10-18-43)58-53(62-55)44-19-11-4-12-20-44/h1-35H. The number of aromatic nitrogens is 6. The van der Waals surface area contributed by atoms with E-state index in [1.807, 2.05) is 146 Å². The van der Waals surface area contributed by atoms with Crippen LogP contribution in [0.3, 0.4) is 0 Å². The van der Waals surface area contributed by atoms with Crippen LogP contribution in [-0.4, -0.2) is 29.9 Å². The Kier molecular flexibility index (Phi) is 10.2. The van der Waals surface area contributed by atoms with E-state index < -0.39 is 0 Å². The van der Waals surface area contributed by atoms with Gasteiger partial charge in [0.15, 0.2) is 34.9 Å². The van der Waals surface area contributed by atoms with E-state index in [0.717, 1.165) is 66.8 Å². The Morgan fingerprint density at radius 2 is 0.516 bits per heavy atom. The van der Waals surface area contributed by atoms with E-state index in [1.54, 1.807) is 0 Å². The number of hydrogen-bond donors (Lipinski definition) is 0. The van der Waals surface area contributed by atoms with Gasteiger partial charge in [0, 0.05) is 33.4 Å². The molecule has 62 heavy (non-hydrogen) atoms. The van der Waals surface area contributed by atoms with Crippen LogP contribution in [0.15, 0.2) is 212 Å². The molecule has 0 atom stereocenters. The minimum absolute atomic E-state index is 0.593. The Morgan fingerprint density at radius 3 is 0.855 bits per heavy atom. The molecular formula is C55H35N7. The van der Waals surface area contributed by atoms with Crippen molar-refractivity contribution < 1.29 is 0 Å². The lowest BCUT2D eigenvalue weighted by molar-refractivity contribution is 1.07. The highest BCUT2D eigenvalue weighted by Gasteiger charge is 2.16. The Bertz CT molecular complexity index is 3070. The van der Waals surface area contributed by atoms with Crippen molar-refractivity contribution in [1.82, 2.24) is 29.9 Å². The zero-order valence-corrected chi connectivity index (χ0v) is 33.3. The van der Waals surface area contributed by atoms with Crippen LogP contribution < -0.4 is 0 Å². The molecule has 0 spiro atoms. The lowest BCUT2D eigenvalue weighted by Crippen LogP contribution is -2.00. The molecule has 0 aliphatic rings. The lowest BCUT2D eigenvalue weighted by Gasteiger charge is -2.15. The van der Waals surface area contributed by atoms with Crippen LogP contribution in [0.5, 0.6) is 0 Å². The number of nitriles is 1. The third-order valence-corrected chi connectivity index (χ3v) is 10.7. The Hall–Kier alpha value is -8.73. The maximum Gasteiger partial charge on any atom is 0.164 e. The molecule has 7 heteroatoms. The van der Waals surface area contributed by atoms with Crippen LogP contribution in [0.25, 0.3) is 102 Å². The lowest BCUT2D eigenvalue weighted by atomic mass is 9.90. The molecule has 0 unspecified atom stereocenters. The second kappa shape index (κ2) is 16.9. The molecule has 10 rings (SSSR count). The summed E-state index contributed by atoms with van der Waals surface area (Å²) in [5.41, 5.74) is 12.3. The monoisotopic (exact) mass is 793 g/mol. The fourth-order valence-electron chi connectivity index (χ4n) is 7.42. The predicted molar refractivity (Wildman–Crippen MR) is 247 cm³/mol. The SMILES string of the molecule is N#Cc1ccc(-c2ccc(-c3ccc(-c4nc(-c5ccccc5)nc(-c5ccccc5)n4)cc3)c(-c3ccc(-c4nc(-c5ccccc5)nc(-c5ccccc5)n4)cc3)c2)cc1. The molecule has 2 aromatic heterocycles. The third kappa shape index (κ3) is 7.87. The summed E-state index contributed by atoms with van der Waals surface area (Å²) in [6, 6.07) is 73.2. The van der Waals surface area contributed by atoms with Gasteiger partial charge in [0.1, 0.15) is 0 Å². The summed E-state index contributed by atoms with van der Waals surface area (Å²) in [5.74, 6) is 3.66. The molecule has 0 N–H and O–H groups in total. The van der Waals surface area contributed by atoms with Gasteiger partial charge in [-0.05, 0) is 51.6 Å². The summed E-state index contributed by atoms with van der Waals surface area (Å²) < 4.78 is 0. The van der Waals surface area contributed by atoms with Gasteiger partial charge in [-0.25, -0.2) is 29.9 Å². The molecule has 8 aromatic carbocycles. The first-order valence-electron chi connectivity index (χ1n) is 20.3. The van der Waals surface area contributed by atoms with Gasteiger partial charge < -0.3 is 0 Å². The number of benzene rings is 8. The average Bonchev–Trinajstić information content (AvgIpc) is 3.37. The van der Waals surface area contributed by atoms with Gasteiger partial charge in [-0.15, -0.1) is 0 Å². The quantitative estimate of drug-likeness (QED) is 0.143. The summed E-state index contributed by atoms with van der Waals surface area (Å²) in [6.45, 7) is 0. The van der Waals surface area contributed by atoms with Crippen LogP contribution in [-0.2, 0) is 0 Å². The topological polar surface area (TPSA) is 101 Å². The normalized spacial score (nSPS) is 10.9. The molecule has 7 nitrogen and oxygen atoms in total. The summed E-state index contributed by atoms with van der Waals surface area (Å²) in [5, 5.41) is 9.46. The van der Waals surface area contributed by atoms with Gasteiger partial charge in [0.25, 0.3) is 0 Å². The van der Waals surface area contributed by atoms with E-state index in [1.165, 1.54) is 0 Å². The van der Waals surface area contributed by atoms with E-state index in [2.05, 4.69) is 72.8 Å². The van der Waals surface area contributed by atoms with E-state index in [4.69, 9.17) is 29.9 Å². The average molecular weight is 794 g/mol. The minimum atomic E-state index is 0.593. The van der Waals surface area contributed by atoms with Gasteiger partial charge in [-0.1, -0.05) is 194 Å². The van der Waals surface area contributed by atoms with Crippen LogP contribution in [0.4, 0.5) is 0 Å². The highest BCUT2D eigenvalue weighted by atomic mass is 15.0. The number of hydrogen-bond acceptors (Lipinski definition) is 7. The zero-order valence-electron chi connectivity index (χ0n) is 33.3. The molecule has 0 aliphatic heterocycles. The largest absolute Gasteiger partial charge is 0.208 e. The molecule has 0 radical (unpaired) electrons. The van der Waals surface area contributed by atoms with E-state index in [9.17, 15) is 5.26 Å². The van der Waals surface area contributed by atoms with Crippen LogP contribution in [0.1, 0.15) is 5.56 Å². The summed E-state index contributed by atoms with van der Waals surface area (Å²) in [7, 11) is 0. The summed E-state index contributed by atoms with van der Waals surface area (Å²) in [6.07, 6.45) is 0. The van der Waals surface area contributed by atoms with Crippen molar-refractivity contribution in [1.29, 1.82) is 5.26 Å². The van der Waals surface area contributed by atoms with Crippen molar-refractivity contribution in [3.05, 3.63) is 218 Å². The van der Waals surface area contributed by atoms with Gasteiger partial charge in [0.05, 0.1) is 11.6 Å². The molecular weight excluding hydrogens is 759 g/mol. The number of nitrogens with zero attached hydrogens (tertiary/aromatic N) is 7. The van der Waals surface area contributed by atoms with Crippen molar-refractivity contribution in [2.75, 3.05) is 0 Å². The van der Waals surface area contributed by atoms with Gasteiger partial charge in [-0.2, -0.15) is 5.26 Å². The first kappa shape index (κ1) is 37.5. The third-order valence-electron chi connectivity index (χ3n) is 10.7. The van der Waals surface area contributed by atoms with Crippen LogP contribution in [0, 0.1) is 11.3 Å². The minimum Gasteiger partial charge on any atom is -0.208 e. The summed E-state index contributed by atoms with van der Waals surface area (Å²) in [4.78, 5) is 29.5. The highest BCUT2D eigenvalue weighted by molar-refractivity contribution is 5.88. The maximum absolute atomic E-state index is 9.46. The first-order valence-corrected chi connectivity index (χ1v) is 20.3. The van der Waals surface area contributed by atoms with Crippen molar-refractivity contribution >= 4 is 0 Å². The molecule has 2 heterocycles. The molecule has 0 saturated carbocycles. The van der Waals surface area contributed by atoms with Gasteiger partial charge in [-0.3, -0.25) is 0 Å². The highest BCUT2D eigenvalue weighted by Crippen LogP contribution is 2.38. The molecule has 0 amide bonds. The Morgan fingerprint density at radius 1 is 0.242 bits per heavy atom. The Labute approximate surface area is 359 Å². The molecule has 0 saturated heterocycles. The maximum atomic E-state index is 9.46. The second-order valence-corrected chi connectivity index (χ2v) is 14.7. The van der Waals surface area contributed by atoms with E-state index in [0.29, 0.717) is 40.5 Å². The predicted octanol–water partition coefficient (Wildman–Crippen LogP) is 12.9. The van der Waals surface area contributed by atoms with Gasteiger partial charge in [0.2, 0.25) is 0 Å². The van der Waals surface area contributed by atoms with Crippen LogP contribution >= 0.6 is 0 Å². The van der Waals surface area contributed by atoms with E-state index >= 15 is 0 Å². The molecule has 10 aromatic rings. The van der Waals surface area contributed by atoms with Crippen molar-refractivity contribution in [2.24, 2.45) is 0 Å².